The minimum absolute atomic E-state index is 0.0414. The fraction of sp³-hybridized carbons (Fsp3) is 0.316. The molecule has 0 saturated heterocycles. The average Bonchev–Trinajstić information content (AvgIpc) is 2.56. The van der Waals surface area contributed by atoms with E-state index in [2.05, 4.69) is 57.1 Å². The average molecular weight is 420 g/mol. The summed E-state index contributed by atoms with van der Waals surface area (Å²) in [4.78, 5) is 14.5. The summed E-state index contributed by atoms with van der Waals surface area (Å²) in [7, 11) is 2.04. The van der Waals surface area contributed by atoms with Crippen LogP contribution in [-0.2, 0) is 11.2 Å². The van der Waals surface area contributed by atoms with Crippen LogP contribution >= 0.6 is 22.6 Å². The molecule has 23 heavy (non-hydrogen) atoms. The molecule has 0 fully saturated rings. The maximum atomic E-state index is 12.4. The molecule has 0 radical (unpaired) electrons. The predicted molar refractivity (Wildman–Crippen MR) is 103 cm³/mol. The highest BCUT2D eigenvalue weighted by Gasteiger charge is 2.24. The second-order valence-corrected chi connectivity index (χ2v) is 7.21. The highest BCUT2D eigenvalue weighted by Crippen LogP contribution is 2.33. The molecule has 1 unspecified atom stereocenters. The third kappa shape index (κ3) is 3.93. The van der Waals surface area contributed by atoms with Gasteiger partial charge in [0, 0.05) is 9.61 Å². The standard InChI is InChI=1S/C19H21IN2O/c1-22(13-19(23)21-17-11-5-4-10-16(17)20)18-12-6-8-14-7-2-3-9-15(14)18/h2-5,7,9-11,18H,6,8,12-13H2,1H3,(H,21,23). The van der Waals surface area contributed by atoms with E-state index in [1.165, 1.54) is 17.5 Å². The van der Waals surface area contributed by atoms with E-state index in [0.717, 1.165) is 22.1 Å². The van der Waals surface area contributed by atoms with E-state index in [1.807, 2.05) is 31.3 Å². The second-order valence-electron chi connectivity index (χ2n) is 6.05. The minimum Gasteiger partial charge on any atom is -0.324 e. The number of amides is 1. The van der Waals surface area contributed by atoms with Crippen molar-refractivity contribution < 1.29 is 4.79 Å². The van der Waals surface area contributed by atoms with Crippen molar-refractivity contribution in [3.63, 3.8) is 0 Å². The zero-order valence-corrected chi connectivity index (χ0v) is 15.4. The lowest BCUT2D eigenvalue weighted by Crippen LogP contribution is -2.35. The molecular weight excluding hydrogens is 399 g/mol. The number of carbonyl (C=O) groups is 1. The summed E-state index contributed by atoms with van der Waals surface area (Å²) in [5.41, 5.74) is 3.69. The van der Waals surface area contributed by atoms with E-state index in [-0.39, 0.29) is 5.91 Å². The SMILES string of the molecule is CN(CC(=O)Nc1ccccc1I)C1CCCc2ccccc21. The number of fused-ring (bicyclic) bond motifs is 1. The molecule has 0 bridgehead atoms. The number of nitrogens with zero attached hydrogens (tertiary/aromatic N) is 1. The molecule has 2 aromatic carbocycles. The van der Waals surface area contributed by atoms with Crippen LogP contribution in [0.3, 0.4) is 0 Å². The maximum absolute atomic E-state index is 12.4. The Labute approximate surface area is 151 Å². The molecule has 0 aromatic heterocycles. The molecule has 120 valence electrons. The Hall–Kier alpha value is -1.40. The molecule has 0 aliphatic heterocycles. The van der Waals surface area contributed by atoms with E-state index in [9.17, 15) is 4.79 Å². The maximum Gasteiger partial charge on any atom is 0.238 e. The van der Waals surface area contributed by atoms with E-state index in [1.54, 1.807) is 0 Å². The smallest absolute Gasteiger partial charge is 0.238 e. The molecule has 0 heterocycles. The fourth-order valence-corrected chi connectivity index (χ4v) is 3.80. The first-order valence-corrected chi connectivity index (χ1v) is 9.05. The normalized spacial score (nSPS) is 16.9. The molecule has 1 atom stereocenters. The molecule has 1 amide bonds. The van der Waals surface area contributed by atoms with E-state index in [0.29, 0.717) is 12.6 Å². The van der Waals surface area contributed by atoms with E-state index < -0.39 is 0 Å². The van der Waals surface area contributed by atoms with Gasteiger partial charge in [0.2, 0.25) is 5.91 Å². The van der Waals surface area contributed by atoms with E-state index in [4.69, 9.17) is 0 Å². The van der Waals surface area contributed by atoms with Gasteiger partial charge in [-0.15, -0.1) is 0 Å². The van der Waals surface area contributed by atoms with Crippen molar-refractivity contribution in [3.8, 4) is 0 Å². The largest absolute Gasteiger partial charge is 0.324 e. The quantitative estimate of drug-likeness (QED) is 0.751. The number of para-hydroxylation sites is 1. The van der Waals surface area contributed by atoms with Crippen molar-refractivity contribution in [2.45, 2.75) is 25.3 Å². The van der Waals surface area contributed by atoms with Crippen LogP contribution in [0.2, 0.25) is 0 Å². The zero-order valence-electron chi connectivity index (χ0n) is 13.3. The van der Waals surface area contributed by atoms with Crippen LogP contribution in [0.15, 0.2) is 48.5 Å². The van der Waals surface area contributed by atoms with Crippen LogP contribution in [0.1, 0.15) is 30.0 Å². The zero-order chi connectivity index (χ0) is 16.2. The first-order chi connectivity index (χ1) is 11.1. The number of likely N-dealkylation sites (N-methyl/N-ethyl adjacent to an activating group) is 1. The van der Waals surface area contributed by atoms with Gasteiger partial charge in [0.05, 0.1) is 12.2 Å². The molecule has 1 N–H and O–H groups in total. The van der Waals surface area contributed by atoms with Gasteiger partial charge in [-0.25, -0.2) is 0 Å². The summed E-state index contributed by atoms with van der Waals surface area (Å²) in [6.45, 7) is 0.407. The molecular formula is C19H21IN2O. The Balaban J connectivity index is 1.67. The number of nitrogens with one attached hydrogen (secondary N) is 1. The number of rotatable bonds is 4. The van der Waals surface area contributed by atoms with Crippen molar-refractivity contribution in [2.75, 3.05) is 18.9 Å². The number of hydrogen-bond donors (Lipinski definition) is 1. The Morgan fingerprint density at radius 3 is 2.78 bits per heavy atom. The number of carbonyl (C=O) groups excluding carboxylic acids is 1. The van der Waals surface area contributed by atoms with Crippen LogP contribution < -0.4 is 5.32 Å². The lowest BCUT2D eigenvalue weighted by molar-refractivity contribution is -0.117. The molecule has 2 aromatic rings. The molecule has 3 rings (SSSR count). The van der Waals surface area contributed by atoms with Crippen LogP contribution in [0.25, 0.3) is 0 Å². The number of hydrogen-bond acceptors (Lipinski definition) is 2. The summed E-state index contributed by atoms with van der Waals surface area (Å²) in [6.07, 6.45) is 3.45. The molecule has 1 aliphatic carbocycles. The van der Waals surface area contributed by atoms with Crippen molar-refractivity contribution >= 4 is 34.2 Å². The van der Waals surface area contributed by atoms with Crippen molar-refractivity contribution in [1.82, 2.24) is 4.90 Å². The van der Waals surface area contributed by atoms with E-state index >= 15 is 0 Å². The first kappa shape index (κ1) is 16.5. The minimum atomic E-state index is 0.0414. The topological polar surface area (TPSA) is 32.3 Å². The number of anilines is 1. The van der Waals surface area contributed by atoms with Gasteiger partial charge in [-0.1, -0.05) is 36.4 Å². The fourth-order valence-electron chi connectivity index (χ4n) is 3.28. The van der Waals surface area contributed by atoms with Crippen LogP contribution in [0, 0.1) is 3.57 Å². The van der Waals surface area contributed by atoms with Crippen molar-refractivity contribution in [3.05, 3.63) is 63.2 Å². The predicted octanol–water partition coefficient (Wildman–Crippen LogP) is 4.24. The molecule has 0 saturated carbocycles. The summed E-state index contributed by atoms with van der Waals surface area (Å²) in [6, 6.07) is 16.8. The van der Waals surface area contributed by atoms with Gasteiger partial charge < -0.3 is 5.32 Å². The summed E-state index contributed by atoms with van der Waals surface area (Å²) < 4.78 is 1.06. The Bertz CT molecular complexity index is 701. The number of benzene rings is 2. The third-order valence-electron chi connectivity index (χ3n) is 4.41. The summed E-state index contributed by atoms with van der Waals surface area (Å²) in [5.74, 6) is 0.0414. The second kappa shape index (κ2) is 7.45. The third-order valence-corrected chi connectivity index (χ3v) is 5.35. The van der Waals surface area contributed by atoms with Gasteiger partial charge >= 0.3 is 0 Å². The molecule has 3 nitrogen and oxygen atoms in total. The van der Waals surface area contributed by atoms with Crippen molar-refractivity contribution in [1.29, 1.82) is 0 Å². The molecule has 0 spiro atoms. The van der Waals surface area contributed by atoms with Crippen LogP contribution in [-0.4, -0.2) is 24.4 Å². The Morgan fingerprint density at radius 2 is 1.96 bits per heavy atom. The van der Waals surface area contributed by atoms with Gasteiger partial charge in [-0.3, -0.25) is 9.69 Å². The summed E-state index contributed by atoms with van der Waals surface area (Å²) >= 11 is 2.24. The lowest BCUT2D eigenvalue weighted by Gasteiger charge is -2.32. The Morgan fingerprint density at radius 1 is 1.22 bits per heavy atom. The van der Waals surface area contributed by atoms with Gasteiger partial charge in [-0.2, -0.15) is 0 Å². The highest BCUT2D eigenvalue weighted by atomic mass is 127. The van der Waals surface area contributed by atoms with Crippen molar-refractivity contribution in [2.24, 2.45) is 0 Å². The first-order valence-electron chi connectivity index (χ1n) is 7.97. The van der Waals surface area contributed by atoms with Gasteiger partial charge in [0.1, 0.15) is 0 Å². The molecule has 1 aliphatic rings. The summed E-state index contributed by atoms with van der Waals surface area (Å²) in [5, 5.41) is 3.02. The van der Waals surface area contributed by atoms with Gasteiger partial charge in [0.15, 0.2) is 0 Å². The van der Waals surface area contributed by atoms with Gasteiger partial charge in [-0.05, 0) is 72.2 Å². The lowest BCUT2D eigenvalue weighted by atomic mass is 9.87. The Kier molecular flexibility index (Phi) is 5.33. The number of aryl methyl sites for hydroxylation is 1. The van der Waals surface area contributed by atoms with Crippen LogP contribution in [0.4, 0.5) is 5.69 Å². The van der Waals surface area contributed by atoms with Crippen LogP contribution in [0.5, 0.6) is 0 Å². The monoisotopic (exact) mass is 420 g/mol. The number of halogens is 1. The molecule has 4 heteroatoms. The van der Waals surface area contributed by atoms with Gasteiger partial charge in [0.25, 0.3) is 0 Å². The highest BCUT2D eigenvalue weighted by molar-refractivity contribution is 14.1.